The number of aromatic amines is 1. The lowest BCUT2D eigenvalue weighted by Crippen LogP contribution is -2.28. The Morgan fingerprint density at radius 3 is 2.80 bits per heavy atom. The number of nitrogens with one attached hydrogen (secondary N) is 3. The quantitative estimate of drug-likeness (QED) is 0.578. The molecule has 2 rings (SSSR count). The van der Waals surface area contributed by atoms with Crippen LogP contribution in [0, 0.1) is 0 Å². The average molecular weight is 277 g/mol. The predicted molar refractivity (Wildman–Crippen MR) is 65.6 cm³/mol. The van der Waals surface area contributed by atoms with Crippen molar-refractivity contribution in [3.8, 4) is 0 Å². The number of hydrogen-bond donors (Lipinski definition) is 4. The summed E-state index contributed by atoms with van der Waals surface area (Å²) in [6.45, 7) is 0.132. The summed E-state index contributed by atoms with van der Waals surface area (Å²) < 4.78 is 0. The second kappa shape index (κ2) is 6.22. The van der Waals surface area contributed by atoms with Crippen LogP contribution in [0.25, 0.3) is 0 Å². The molecule has 0 spiro atoms. The molecule has 0 aliphatic carbocycles. The molecule has 0 fully saturated rings. The van der Waals surface area contributed by atoms with Crippen LogP contribution in [-0.2, 0) is 17.8 Å². The molecular formula is C10H11N7O3. The van der Waals surface area contributed by atoms with Gasteiger partial charge in [-0.1, -0.05) is 5.21 Å². The highest BCUT2D eigenvalue weighted by atomic mass is 16.4. The molecule has 4 N–H and O–H groups in total. The lowest BCUT2D eigenvalue weighted by Gasteiger charge is -2.06. The van der Waals surface area contributed by atoms with Crippen LogP contribution < -0.4 is 10.6 Å². The Labute approximate surface area is 112 Å². The fraction of sp³-hybridized carbons (Fsp3) is 0.200. The van der Waals surface area contributed by atoms with Crippen LogP contribution in [0.5, 0.6) is 0 Å². The van der Waals surface area contributed by atoms with E-state index in [9.17, 15) is 9.59 Å². The van der Waals surface area contributed by atoms with Gasteiger partial charge in [-0.15, -0.1) is 10.2 Å². The molecule has 2 aromatic rings. The van der Waals surface area contributed by atoms with Crippen molar-refractivity contribution in [1.82, 2.24) is 30.9 Å². The fourth-order valence-corrected chi connectivity index (χ4v) is 1.35. The molecule has 20 heavy (non-hydrogen) atoms. The molecule has 0 aromatic carbocycles. The Hall–Kier alpha value is -3.04. The molecule has 0 unspecified atom stereocenters. The van der Waals surface area contributed by atoms with Crippen molar-refractivity contribution in [3.05, 3.63) is 29.8 Å². The first-order valence-electron chi connectivity index (χ1n) is 5.57. The van der Waals surface area contributed by atoms with Crippen LogP contribution in [0.1, 0.15) is 11.5 Å². The molecule has 2 aromatic heterocycles. The van der Waals surface area contributed by atoms with Crippen molar-refractivity contribution in [2.24, 2.45) is 0 Å². The molecule has 0 bridgehead atoms. The Balaban J connectivity index is 1.83. The Morgan fingerprint density at radius 1 is 1.35 bits per heavy atom. The third kappa shape index (κ3) is 4.01. The summed E-state index contributed by atoms with van der Waals surface area (Å²) in [6.07, 6.45) is 1.22. The average Bonchev–Trinajstić information content (AvgIpc) is 2.91. The van der Waals surface area contributed by atoms with Crippen LogP contribution in [-0.4, -0.2) is 42.7 Å². The zero-order valence-corrected chi connectivity index (χ0v) is 10.2. The van der Waals surface area contributed by atoms with E-state index in [-0.39, 0.29) is 13.0 Å². The van der Waals surface area contributed by atoms with Crippen LogP contribution >= 0.6 is 0 Å². The Kier molecular flexibility index (Phi) is 4.17. The molecule has 0 saturated carbocycles. The summed E-state index contributed by atoms with van der Waals surface area (Å²) in [4.78, 5) is 25.9. The normalized spacial score (nSPS) is 10.0. The molecule has 0 aliphatic rings. The van der Waals surface area contributed by atoms with Crippen molar-refractivity contribution in [2.75, 3.05) is 5.32 Å². The zero-order chi connectivity index (χ0) is 14.4. The van der Waals surface area contributed by atoms with Gasteiger partial charge in [-0.2, -0.15) is 5.21 Å². The first-order valence-corrected chi connectivity index (χ1v) is 5.57. The highest BCUT2D eigenvalue weighted by Gasteiger charge is 2.05. The number of hydrogen-bond acceptors (Lipinski definition) is 6. The van der Waals surface area contributed by atoms with Gasteiger partial charge in [-0.3, -0.25) is 9.78 Å². The standard InChI is InChI=1S/C10H11N7O3/c18-9(19)3-6-1-2-7(4-11-6)13-10(20)12-5-8-14-16-17-15-8/h1-2,4H,3,5H2,(H,18,19)(H2,12,13,20)(H,14,15,16,17). The van der Waals surface area contributed by atoms with Crippen molar-refractivity contribution in [3.63, 3.8) is 0 Å². The van der Waals surface area contributed by atoms with Gasteiger partial charge < -0.3 is 15.7 Å². The molecular weight excluding hydrogens is 266 g/mol. The van der Waals surface area contributed by atoms with Gasteiger partial charge in [0.1, 0.15) is 0 Å². The molecule has 0 aliphatic heterocycles. The zero-order valence-electron chi connectivity index (χ0n) is 10.2. The van der Waals surface area contributed by atoms with E-state index in [1.54, 1.807) is 6.07 Å². The van der Waals surface area contributed by atoms with E-state index < -0.39 is 12.0 Å². The molecule has 10 nitrogen and oxygen atoms in total. The van der Waals surface area contributed by atoms with Gasteiger partial charge in [0.05, 0.1) is 30.5 Å². The maximum absolute atomic E-state index is 11.5. The second-order valence-corrected chi connectivity index (χ2v) is 3.74. The lowest BCUT2D eigenvalue weighted by molar-refractivity contribution is -0.136. The molecule has 2 heterocycles. The lowest BCUT2D eigenvalue weighted by atomic mass is 10.2. The van der Waals surface area contributed by atoms with Gasteiger partial charge in [0.15, 0.2) is 5.82 Å². The molecule has 2 amide bonds. The van der Waals surface area contributed by atoms with E-state index in [2.05, 4.69) is 36.2 Å². The number of aromatic nitrogens is 5. The van der Waals surface area contributed by atoms with Gasteiger partial charge in [-0.25, -0.2) is 4.79 Å². The molecule has 104 valence electrons. The largest absolute Gasteiger partial charge is 0.481 e. The SMILES string of the molecule is O=C(O)Cc1ccc(NC(=O)NCc2nn[nH]n2)cn1. The molecule has 0 radical (unpaired) electrons. The van der Waals surface area contributed by atoms with Gasteiger partial charge >= 0.3 is 12.0 Å². The first-order chi connectivity index (χ1) is 9.63. The van der Waals surface area contributed by atoms with E-state index >= 15 is 0 Å². The van der Waals surface area contributed by atoms with Crippen LogP contribution in [0.4, 0.5) is 10.5 Å². The maximum atomic E-state index is 11.5. The Morgan fingerprint density at radius 2 is 2.20 bits per heavy atom. The van der Waals surface area contributed by atoms with Crippen molar-refractivity contribution in [1.29, 1.82) is 0 Å². The first kappa shape index (κ1) is 13.4. The fourth-order valence-electron chi connectivity index (χ4n) is 1.35. The van der Waals surface area contributed by atoms with E-state index in [1.165, 1.54) is 12.3 Å². The smallest absolute Gasteiger partial charge is 0.319 e. The second-order valence-electron chi connectivity index (χ2n) is 3.74. The minimum atomic E-state index is -0.962. The molecule has 10 heteroatoms. The van der Waals surface area contributed by atoms with Crippen molar-refractivity contribution in [2.45, 2.75) is 13.0 Å². The van der Waals surface area contributed by atoms with Crippen molar-refractivity contribution < 1.29 is 14.7 Å². The third-order valence-corrected chi connectivity index (χ3v) is 2.21. The van der Waals surface area contributed by atoms with Gasteiger partial charge in [0.2, 0.25) is 0 Å². The number of aliphatic carboxylic acids is 1. The highest BCUT2D eigenvalue weighted by molar-refractivity contribution is 5.88. The number of carboxylic acid groups (broad SMARTS) is 1. The third-order valence-electron chi connectivity index (χ3n) is 2.21. The van der Waals surface area contributed by atoms with Gasteiger partial charge in [0.25, 0.3) is 0 Å². The van der Waals surface area contributed by atoms with Crippen LogP contribution in [0.3, 0.4) is 0 Å². The summed E-state index contributed by atoms with van der Waals surface area (Å²) >= 11 is 0. The van der Waals surface area contributed by atoms with E-state index in [0.29, 0.717) is 17.2 Å². The number of anilines is 1. The summed E-state index contributed by atoms with van der Waals surface area (Å²) in [5.41, 5.74) is 0.861. The number of nitrogens with zero attached hydrogens (tertiary/aromatic N) is 4. The minimum Gasteiger partial charge on any atom is -0.481 e. The molecule has 0 atom stereocenters. The van der Waals surface area contributed by atoms with E-state index in [1.807, 2.05) is 0 Å². The van der Waals surface area contributed by atoms with Gasteiger partial charge in [-0.05, 0) is 12.1 Å². The number of carboxylic acids is 1. The number of carbonyl (C=O) groups excluding carboxylic acids is 1. The summed E-state index contributed by atoms with van der Waals surface area (Å²) in [7, 11) is 0. The number of H-pyrrole nitrogens is 1. The van der Waals surface area contributed by atoms with E-state index in [4.69, 9.17) is 5.11 Å². The number of pyridine rings is 1. The topological polar surface area (TPSA) is 146 Å². The Bertz CT molecular complexity index is 581. The number of carbonyl (C=O) groups is 2. The van der Waals surface area contributed by atoms with Gasteiger partial charge in [0, 0.05) is 0 Å². The highest BCUT2D eigenvalue weighted by Crippen LogP contribution is 2.06. The summed E-state index contributed by atoms with van der Waals surface area (Å²) in [5, 5.41) is 26.6. The van der Waals surface area contributed by atoms with Crippen molar-refractivity contribution >= 4 is 17.7 Å². The van der Waals surface area contributed by atoms with Crippen LogP contribution in [0.15, 0.2) is 18.3 Å². The number of rotatable bonds is 5. The summed E-state index contributed by atoms with van der Waals surface area (Å²) in [6, 6.07) is 2.64. The maximum Gasteiger partial charge on any atom is 0.319 e. The number of tetrazole rings is 1. The minimum absolute atomic E-state index is 0.132. The predicted octanol–water partition coefficient (Wildman–Crippen LogP) is -0.457. The summed E-state index contributed by atoms with van der Waals surface area (Å²) in [5.74, 6) is -0.605. The van der Waals surface area contributed by atoms with Crippen LogP contribution in [0.2, 0.25) is 0 Å². The van der Waals surface area contributed by atoms with E-state index in [0.717, 1.165) is 0 Å². The number of amides is 2. The monoisotopic (exact) mass is 277 g/mol. The molecule has 0 saturated heterocycles. The number of urea groups is 1.